The summed E-state index contributed by atoms with van der Waals surface area (Å²) >= 11 is 0. The highest BCUT2D eigenvalue weighted by Crippen LogP contribution is 2.47. The Morgan fingerprint density at radius 2 is 2.00 bits per heavy atom. The minimum absolute atomic E-state index is 0.0337. The van der Waals surface area contributed by atoms with Crippen LogP contribution in [0.25, 0.3) is 0 Å². The van der Waals surface area contributed by atoms with Gasteiger partial charge in [-0.25, -0.2) is 4.79 Å². The van der Waals surface area contributed by atoms with Gasteiger partial charge in [0.2, 0.25) is 5.89 Å². The smallest absolute Gasteiger partial charge is 0.317 e. The Labute approximate surface area is 172 Å². The lowest BCUT2D eigenvalue weighted by Crippen LogP contribution is -2.47. The number of carbonyl (C=O) groups is 1. The van der Waals surface area contributed by atoms with Crippen LogP contribution in [-0.2, 0) is 6.54 Å². The summed E-state index contributed by atoms with van der Waals surface area (Å²) in [5.74, 6) is 1.75. The molecule has 2 saturated heterocycles. The molecule has 2 aliphatic heterocycles. The Bertz CT molecular complexity index is 827. The quantitative estimate of drug-likeness (QED) is 0.854. The number of piperidine rings is 1. The topological polar surface area (TPSA) is 74.5 Å². The molecule has 0 saturated carbocycles. The van der Waals surface area contributed by atoms with Crippen molar-refractivity contribution >= 4 is 6.03 Å². The average molecular weight is 398 g/mol. The predicted octanol–water partition coefficient (Wildman–Crippen LogP) is 3.56. The van der Waals surface area contributed by atoms with Crippen LogP contribution in [0.1, 0.15) is 62.3 Å². The number of aromatic nitrogens is 2. The summed E-state index contributed by atoms with van der Waals surface area (Å²) in [6, 6.07) is 10.3. The van der Waals surface area contributed by atoms with E-state index < -0.39 is 0 Å². The van der Waals surface area contributed by atoms with Crippen LogP contribution < -0.4 is 5.32 Å². The van der Waals surface area contributed by atoms with Crippen LogP contribution in [-0.4, -0.2) is 52.7 Å². The summed E-state index contributed by atoms with van der Waals surface area (Å²) in [5, 5.41) is 7.29. The van der Waals surface area contributed by atoms with Gasteiger partial charge in [-0.05, 0) is 37.3 Å². The molecule has 156 valence electrons. The van der Waals surface area contributed by atoms with E-state index in [4.69, 9.17) is 4.52 Å². The van der Waals surface area contributed by atoms with Gasteiger partial charge >= 0.3 is 6.03 Å². The van der Waals surface area contributed by atoms with Gasteiger partial charge in [0.1, 0.15) is 0 Å². The van der Waals surface area contributed by atoms with E-state index >= 15 is 0 Å². The maximum atomic E-state index is 12.6. The Balaban J connectivity index is 1.32. The minimum atomic E-state index is 0.0337. The molecule has 0 bridgehead atoms. The van der Waals surface area contributed by atoms with Crippen LogP contribution in [0.5, 0.6) is 0 Å². The van der Waals surface area contributed by atoms with Crippen LogP contribution >= 0.6 is 0 Å². The van der Waals surface area contributed by atoms with E-state index in [1.807, 2.05) is 35.2 Å². The van der Waals surface area contributed by atoms with Crippen molar-refractivity contribution < 1.29 is 9.32 Å². The molecule has 0 aliphatic carbocycles. The molecule has 1 N–H and O–H groups in total. The lowest BCUT2D eigenvalue weighted by molar-refractivity contribution is 0.122. The van der Waals surface area contributed by atoms with Gasteiger partial charge in [0.05, 0.1) is 6.04 Å². The molecular weight excluding hydrogens is 366 g/mol. The van der Waals surface area contributed by atoms with Gasteiger partial charge in [0, 0.05) is 32.1 Å². The van der Waals surface area contributed by atoms with Crippen LogP contribution in [0.2, 0.25) is 0 Å². The molecular formula is C22H31N5O2. The highest BCUT2D eigenvalue weighted by atomic mass is 16.5. The monoisotopic (exact) mass is 397 g/mol. The normalized spacial score (nSPS) is 21.8. The summed E-state index contributed by atoms with van der Waals surface area (Å²) in [6.45, 7) is 7.31. The highest BCUT2D eigenvalue weighted by molar-refractivity contribution is 5.74. The second kappa shape index (κ2) is 8.14. The molecule has 1 spiro atoms. The zero-order valence-corrected chi connectivity index (χ0v) is 17.6. The zero-order chi connectivity index (χ0) is 20.4. The Kier molecular flexibility index (Phi) is 5.58. The fourth-order valence-corrected chi connectivity index (χ4v) is 4.61. The molecule has 2 aromatic rings. The molecule has 7 nitrogen and oxygen atoms in total. The third-order valence-corrected chi connectivity index (χ3v) is 6.39. The van der Waals surface area contributed by atoms with Gasteiger partial charge < -0.3 is 14.7 Å². The maximum Gasteiger partial charge on any atom is 0.317 e. The zero-order valence-electron chi connectivity index (χ0n) is 17.6. The number of benzene rings is 1. The fraction of sp³-hybridized carbons (Fsp3) is 0.591. The summed E-state index contributed by atoms with van der Waals surface area (Å²) in [5.41, 5.74) is 1.35. The van der Waals surface area contributed by atoms with Crippen LogP contribution in [0.3, 0.4) is 0 Å². The van der Waals surface area contributed by atoms with Crippen molar-refractivity contribution in [1.82, 2.24) is 25.3 Å². The van der Waals surface area contributed by atoms with E-state index in [0.29, 0.717) is 12.4 Å². The average Bonchev–Trinajstić information content (AvgIpc) is 3.33. The van der Waals surface area contributed by atoms with Gasteiger partial charge in [-0.2, -0.15) is 4.98 Å². The molecule has 7 heteroatoms. The molecule has 3 heterocycles. The predicted molar refractivity (Wildman–Crippen MR) is 110 cm³/mol. The first-order valence-electron chi connectivity index (χ1n) is 10.6. The van der Waals surface area contributed by atoms with Crippen molar-refractivity contribution in [3.05, 3.63) is 47.6 Å². The Morgan fingerprint density at radius 3 is 2.66 bits per heavy atom. The van der Waals surface area contributed by atoms with E-state index in [0.717, 1.165) is 50.3 Å². The molecule has 0 radical (unpaired) electrons. The number of hydrogen-bond donors (Lipinski definition) is 1. The molecule has 1 aromatic heterocycles. The number of hydrogen-bond acceptors (Lipinski definition) is 5. The van der Waals surface area contributed by atoms with Crippen molar-refractivity contribution in [2.75, 3.05) is 26.7 Å². The standard InChI is InChI=1S/C22H31N5O2/c1-16(2)20-24-19(25-29-20)18-13-22(15-26(18)3)9-11-27(12-10-22)21(28)23-14-17-7-5-4-6-8-17/h4-8,16,18H,9-15H2,1-3H3,(H,23,28). The van der Waals surface area contributed by atoms with Gasteiger partial charge in [-0.15, -0.1) is 0 Å². The van der Waals surface area contributed by atoms with Gasteiger partial charge in [0.25, 0.3) is 0 Å². The largest absolute Gasteiger partial charge is 0.339 e. The third kappa shape index (κ3) is 4.29. The Morgan fingerprint density at radius 1 is 1.28 bits per heavy atom. The minimum Gasteiger partial charge on any atom is -0.339 e. The summed E-state index contributed by atoms with van der Waals surface area (Å²) in [7, 11) is 2.14. The van der Waals surface area contributed by atoms with Gasteiger partial charge in [-0.1, -0.05) is 49.3 Å². The van der Waals surface area contributed by atoms with Crippen LogP contribution in [0, 0.1) is 5.41 Å². The molecule has 2 aliphatic rings. The third-order valence-electron chi connectivity index (χ3n) is 6.39. The lowest BCUT2D eigenvalue weighted by Gasteiger charge is -2.39. The molecule has 2 amide bonds. The van der Waals surface area contributed by atoms with E-state index in [9.17, 15) is 4.79 Å². The number of likely N-dealkylation sites (tertiary alicyclic amines) is 2. The SMILES string of the molecule is CC(C)c1nc(C2CC3(CCN(C(=O)NCc4ccccc4)CC3)CN2C)no1. The van der Waals surface area contributed by atoms with Gasteiger partial charge in [0.15, 0.2) is 5.82 Å². The molecule has 1 unspecified atom stereocenters. The second-order valence-electron chi connectivity index (χ2n) is 8.91. The van der Waals surface area contributed by atoms with Crippen molar-refractivity contribution in [1.29, 1.82) is 0 Å². The Hall–Kier alpha value is -2.41. The fourth-order valence-electron chi connectivity index (χ4n) is 4.61. The number of carbonyl (C=O) groups excluding carboxylic acids is 1. The second-order valence-corrected chi connectivity index (χ2v) is 8.91. The van der Waals surface area contributed by atoms with Crippen molar-refractivity contribution in [2.24, 2.45) is 5.41 Å². The van der Waals surface area contributed by atoms with E-state index in [1.54, 1.807) is 0 Å². The van der Waals surface area contributed by atoms with Crippen LogP contribution in [0.4, 0.5) is 4.79 Å². The first kappa shape index (κ1) is 19.9. The summed E-state index contributed by atoms with van der Waals surface area (Å²) in [6.07, 6.45) is 3.06. The number of nitrogens with zero attached hydrogens (tertiary/aromatic N) is 4. The van der Waals surface area contributed by atoms with Crippen molar-refractivity contribution in [3.63, 3.8) is 0 Å². The lowest BCUT2D eigenvalue weighted by atomic mass is 9.76. The van der Waals surface area contributed by atoms with Crippen molar-refractivity contribution in [3.8, 4) is 0 Å². The summed E-state index contributed by atoms with van der Waals surface area (Å²) < 4.78 is 5.43. The molecule has 2 fully saturated rings. The highest BCUT2D eigenvalue weighted by Gasteiger charge is 2.46. The van der Waals surface area contributed by atoms with Gasteiger partial charge in [-0.3, -0.25) is 4.90 Å². The number of urea groups is 1. The first-order chi connectivity index (χ1) is 14.0. The van der Waals surface area contributed by atoms with Crippen LogP contribution in [0.15, 0.2) is 34.9 Å². The van der Waals surface area contributed by atoms with Crippen molar-refractivity contribution in [2.45, 2.75) is 51.6 Å². The maximum absolute atomic E-state index is 12.6. The number of amides is 2. The number of rotatable bonds is 4. The van der Waals surface area contributed by atoms with E-state index in [-0.39, 0.29) is 23.4 Å². The van der Waals surface area contributed by atoms with E-state index in [1.165, 1.54) is 0 Å². The molecule has 29 heavy (non-hydrogen) atoms. The molecule has 4 rings (SSSR count). The first-order valence-corrected chi connectivity index (χ1v) is 10.6. The van der Waals surface area contributed by atoms with E-state index in [2.05, 4.69) is 41.3 Å². The molecule has 1 aromatic carbocycles. The summed E-state index contributed by atoms with van der Waals surface area (Å²) in [4.78, 5) is 21.5. The number of nitrogens with one attached hydrogen (secondary N) is 1. The molecule has 1 atom stereocenters.